The molecule has 26 heavy (non-hydrogen) atoms. The van der Waals surface area contributed by atoms with Crippen LogP contribution in [0.25, 0.3) is 11.6 Å². The predicted octanol–water partition coefficient (Wildman–Crippen LogP) is 2.99. The zero-order chi connectivity index (χ0) is 17.5. The maximum absolute atomic E-state index is 5.29. The molecule has 1 fully saturated rings. The van der Waals surface area contributed by atoms with E-state index < -0.39 is 0 Å². The minimum atomic E-state index is 0. The Morgan fingerprint density at radius 3 is 3.04 bits per heavy atom. The summed E-state index contributed by atoms with van der Waals surface area (Å²) in [6.45, 7) is 8.04. The molecule has 0 radical (unpaired) electrons. The maximum Gasteiger partial charge on any atom is 0.276 e. The van der Waals surface area contributed by atoms with Crippen molar-refractivity contribution in [3.8, 4) is 11.6 Å². The van der Waals surface area contributed by atoms with Crippen molar-refractivity contribution in [3.63, 3.8) is 0 Å². The Kier molecular flexibility index (Phi) is 8.27. The standard InChI is InChI=1S/C18H26N6O.HI/c1-3-19-18(24-12-6-7-14(2)13-24)21-11-9-16-22-17(25-23-16)15-8-4-5-10-20-15;/h4-5,8,10,14H,3,6-7,9,11-13H2,1-2H3,(H,19,21);1H. The number of halogens is 1. The van der Waals surface area contributed by atoms with Gasteiger partial charge in [0.2, 0.25) is 0 Å². The molecule has 2 aromatic heterocycles. The fraction of sp³-hybridized carbons (Fsp3) is 0.556. The lowest BCUT2D eigenvalue weighted by atomic mass is 10.0. The Labute approximate surface area is 171 Å². The summed E-state index contributed by atoms with van der Waals surface area (Å²) in [7, 11) is 0. The molecule has 1 unspecified atom stereocenters. The van der Waals surface area contributed by atoms with E-state index in [2.05, 4.69) is 39.2 Å². The van der Waals surface area contributed by atoms with Gasteiger partial charge in [0.25, 0.3) is 5.89 Å². The number of hydrogen-bond acceptors (Lipinski definition) is 5. The van der Waals surface area contributed by atoms with Crippen LogP contribution in [0.15, 0.2) is 33.9 Å². The van der Waals surface area contributed by atoms with Gasteiger partial charge in [-0.25, -0.2) is 0 Å². The van der Waals surface area contributed by atoms with Crippen LogP contribution in [0.5, 0.6) is 0 Å². The first-order valence-electron chi connectivity index (χ1n) is 9.03. The minimum Gasteiger partial charge on any atom is -0.357 e. The third-order valence-electron chi connectivity index (χ3n) is 4.24. The van der Waals surface area contributed by atoms with Crippen molar-refractivity contribution in [1.82, 2.24) is 25.3 Å². The monoisotopic (exact) mass is 470 g/mol. The first-order valence-corrected chi connectivity index (χ1v) is 9.03. The van der Waals surface area contributed by atoms with Gasteiger partial charge in [0.15, 0.2) is 11.8 Å². The second-order valence-electron chi connectivity index (χ2n) is 6.41. The molecule has 1 saturated heterocycles. The first-order chi connectivity index (χ1) is 12.3. The smallest absolute Gasteiger partial charge is 0.276 e. The molecule has 3 rings (SSSR count). The Morgan fingerprint density at radius 2 is 2.31 bits per heavy atom. The van der Waals surface area contributed by atoms with Crippen molar-refractivity contribution in [2.24, 2.45) is 10.9 Å². The van der Waals surface area contributed by atoms with Crippen LogP contribution in [0.4, 0.5) is 0 Å². The Morgan fingerprint density at radius 1 is 1.42 bits per heavy atom. The molecular weight excluding hydrogens is 443 g/mol. The first kappa shape index (κ1) is 20.6. The molecule has 1 N–H and O–H groups in total. The van der Waals surface area contributed by atoms with Crippen LogP contribution >= 0.6 is 24.0 Å². The fourth-order valence-corrected chi connectivity index (χ4v) is 3.02. The number of rotatable bonds is 5. The Bertz CT molecular complexity index is 690. The molecule has 1 aliphatic rings. The maximum atomic E-state index is 5.29. The normalized spacial score (nSPS) is 17.7. The molecule has 1 atom stereocenters. The van der Waals surface area contributed by atoms with Gasteiger partial charge in [0.05, 0.1) is 0 Å². The second-order valence-corrected chi connectivity index (χ2v) is 6.41. The molecule has 0 bridgehead atoms. The van der Waals surface area contributed by atoms with Gasteiger partial charge in [-0.05, 0) is 37.8 Å². The molecule has 0 saturated carbocycles. The number of nitrogens with one attached hydrogen (secondary N) is 1. The van der Waals surface area contributed by atoms with Gasteiger partial charge < -0.3 is 14.7 Å². The number of aromatic nitrogens is 3. The third-order valence-corrected chi connectivity index (χ3v) is 4.24. The molecule has 0 spiro atoms. The fourth-order valence-electron chi connectivity index (χ4n) is 3.02. The summed E-state index contributed by atoms with van der Waals surface area (Å²) in [5.74, 6) is 2.82. The van der Waals surface area contributed by atoms with Crippen LogP contribution in [-0.4, -0.2) is 52.2 Å². The zero-order valence-corrected chi connectivity index (χ0v) is 17.7. The van der Waals surface area contributed by atoms with Crippen molar-refractivity contribution in [1.29, 1.82) is 0 Å². The lowest BCUT2D eigenvalue weighted by molar-refractivity contribution is 0.266. The lowest BCUT2D eigenvalue weighted by Crippen LogP contribution is -2.46. The summed E-state index contributed by atoms with van der Waals surface area (Å²) in [4.78, 5) is 15.7. The molecular formula is C18H27IN6O. The minimum absolute atomic E-state index is 0. The number of piperidine rings is 1. The number of pyridine rings is 1. The van der Waals surface area contributed by atoms with Gasteiger partial charge in [-0.1, -0.05) is 18.1 Å². The van der Waals surface area contributed by atoms with E-state index in [4.69, 9.17) is 9.52 Å². The van der Waals surface area contributed by atoms with Crippen LogP contribution in [0, 0.1) is 5.92 Å². The van der Waals surface area contributed by atoms with Gasteiger partial charge in [-0.3, -0.25) is 9.98 Å². The van der Waals surface area contributed by atoms with Crippen molar-refractivity contribution in [3.05, 3.63) is 30.2 Å². The Balaban J connectivity index is 0.00000243. The summed E-state index contributed by atoms with van der Waals surface area (Å²) in [6, 6.07) is 5.62. The van der Waals surface area contributed by atoms with Crippen molar-refractivity contribution in [2.45, 2.75) is 33.1 Å². The van der Waals surface area contributed by atoms with Crippen LogP contribution in [0.3, 0.4) is 0 Å². The van der Waals surface area contributed by atoms with E-state index in [1.807, 2.05) is 18.2 Å². The molecule has 0 amide bonds. The molecule has 142 valence electrons. The molecule has 1 aliphatic heterocycles. The van der Waals surface area contributed by atoms with Gasteiger partial charge in [-0.15, -0.1) is 24.0 Å². The average molecular weight is 470 g/mol. The van der Waals surface area contributed by atoms with Gasteiger partial charge in [0, 0.05) is 38.8 Å². The van der Waals surface area contributed by atoms with Gasteiger partial charge >= 0.3 is 0 Å². The summed E-state index contributed by atoms with van der Waals surface area (Å²) in [5.41, 5.74) is 0.695. The highest BCUT2D eigenvalue weighted by atomic mass is 127. The summed E-state index contributed by atoms with van der Waals surface area (Å²) < 4.78 is 5.29. The topological polar surface area (TPSA) is 79.4 Å². The van der Waals surface area contributed by atoms with Crippen molar-refractivity contribution in [2.75, 3.05) is 26.2 Å². The number of likely N-dealkylation sites (tertiary alicyclic amines) is 1. The molecule has 2 aromatic rings. The molecule has 0 aliphatic carbocycles. The largest absolute Gasteiger partial charge is 0.357 e. The van der Waals surface area contributed by atoms with E-state index in [0.29, 0.717) is 30.4 Å². The molecule has 8 heteroatoms. The number of hydrogen-bond donors (Lipinski definition) is 1. The number of nitrogens with zero attached hydrogens (tertiary/aromatic N) is 5. The average Bonchev–Trinajstić information content (AvgIpc) is 3.11. The lowest BCUT2D eigenvalue weighted by Gasteiger charge is -2.33. The molecule has 0 aromatic carbocycles. The number of guanidine groups is 1. The van der Waals surface area contributed by atoms with E-state index in [-0.39, 0.29) is 24.0 Å². The van der Waals surface area contributed by atoms with Gasteiger partial charge in [-0.2, -0.15) is 4.98 Å². The highest BCUT2D eigenvalue weighted by molar-refractivity contribution is 14.0. The quantitative estimate of drug-likeness (QED) is 0.411. The second kappa shape index (κ2) is 10.4. The Hall–Kier alpha value is -1.71. The summed E-state index contributed by atoms with van der Waals surface area (Å²) in [6.07, 6.45) is 4.89. The predicted molar refractivity (Wildman–Crippen MR) is 113 cm³/mol. The van der Waals surface area contributed by atoms with E-state index in [0.717, 1.165) is 31.5 Å². The van der Waals surface area contributed by atoms with E-state index in [1.165, 1.54) is 12.8 Å². The zero-order valence-electron chi connectivity index (χ0n) is 15.4. The van der Waals surface area contributed by atoms with E-state index >= 15 is 0 Å². The highest BCUT2D eigenvalue weighted by Gasteiger charge is 2.19. The molecule has 3 heterocycles. The van der Waals surface area contributed by atoms with Crippen LogP contribution < -0.4 is 5.32 Å². The van der Waals surface area contributed by atoms with Crippen LogP contribution in [0.2, 0.25) is 0 Å². The van der Waals surface area contributed by atoms with Crippen LogP contribution in [0.1, 0.15) is 32.5 Å². The molecule has 7 nitrogen and oxygen atoms in total. The van der Waals surface area contributed by atoms with Crippen molar-refractivity contribution >= 4 is 29.9 Å². The third kappa shape index (κ3) is 5.65. The highest BCUT2D eigenvalue weighted by Crippen LogP contribution is 2.16. The summed E-state index contributed by atoms with van der Waals surface area (Å²) in [5, 5.41) is 7.42. The SMILES string of the molecule is CCNC(=NCCc1noc(-c2ccccn2)n1)N1CCCC(C)C1.I. The number of aliphatic imine (C=N–C) groups is 1. The van der Waals surface area contributed by atoms with E-state index in [1.54, 1.807) is 6.20 Å². The van der Waals surface area contributed by atoms with Crippen LogP contribution in [-0.2, 0) is 6.42 Å². The van der Waals surface area contributed by atoms with Gasteiger partial charge in [0.1, 0.15) is 5.69 Å². The van der Waals surface area contributed by atoms with Crippen molar-refractivity contribution < 1.29 is 4.52 Å². The summed E-state index contributed by atoms with van der Waals surface area (Å²) >= 11 is 0. The van der Waals surface area contributed by atoms with E-state index in [9.17, 15) is 0 Å².